The van der Waals surface area contributed by atoms with Crippen molar-refractivity contribution in [2.24, 2.45) is 5.73 Å². The topological polar surface area (TPSA) is 86.3 Å². The number of benzene rings is 1. The third kappa shape index (κ3) is 5.70. The van der Waals surface area contributed by atoms with Gasteiger partial charge in [-0.25, -0.2) is 0 Å². The number of nitrogens with one attached hydrogen (secondary N) is 1. The Morgan fingerprint density at radius 2 is 2.04 bits per heavy atom. The number of nitrogens with zero attached hydrogens (tertiary/aromatic N) is 1. The number of hydrogen-bond acceptors (Lipinski definition) is 5. The van der Waals surface area contributed by atoms with Gasteiger partial charge in [0.15, 0.2) is 0 Å². The molecule has 0 saturated heterocycles. The van der Waals surface area contributed by atoms with Crippen LogP contribution in [0.15, 0.2) is 34.4 Å². The molecule has 0 atom stereocenters. The van der Waals surface area contributed by atoms with Crippen LogP contribution in [0.4, 0.5) is 5.69 Å². The zero-order valence-electron chi connectivity index (χ0n) is 12.8. The van der Waals surface area contributed by atoms with E-state index in [0.29, 0.717) is 31.1 Å². The Kier molecular flexibility index (Phi) is 7.80. The van der Waals surface area contributed by atoms with Gasteiger partial charge in [-0.15, -0.1) is 12.4 Å². The summed E-state index contributed by atoms with van der Waals surface area (Å²) < 4.78 is 6.97. The Hall–Kier alpha value is -1.83. The van der Waals surface area contributed by atoms with E-state index in [-0.39, 0.29) is 29.6 Å². The zero-order valence-corrected chi connectivity index (χ0v) is 14.4. The largest absolute Gasteiger partial charge is 0.492 e. The molecule has 0 unspecified atom stereocenters. The van der Waals surface area contributed by atoms with Crippen LogP contribution in [0, 0.1) is 6.92 Å². The van der Waals surface area contributed by atoms with E-state index in [1.165, 1.54) is 0 Å². The molecule has 0 aliphatic heterocycles. The van der Waals surface area contributed by atoms with Crippen LogP contribution < -0.4 is 20.7 Å². The van der Waals surface area contributed by atoms with Crippen molar-refractivity contribution < 1.29 is 9.53 Å². The molecule has 0 fully saturated rings. The zero-order chi connectivity index (χ0) is 15.9. The molecule has 0 aliphatic rings. The minimum absolute atomic E-state index is 0. The second-order valence-electron chi connectivity index (χ2n) is 4.75. The Balaban J connectivity index is 0.00000264. The van der Waals surface area contributed by atoms with Crippen molar-refractivity contribution in [2.45, 2.75) is 19.9 Å². The van der Waals surface area contributed by atoms with Crippen LogP contribution in [-0.4, -0.2) is 23.6 Å². The van der Waals surface area contributed by atoms with E-state index in [1.54, 1.807) is 34.2 Å². The quantitative estimate of drug-likeness (QED) is 0.793. The van der Waals surface area contributed by atoms with Crippen molar-refractivity contribution in [3.8, 4) is 5.75 Å². The van der Waals surface area contributed by atoms with Gasteiger partial charge >= 0.3 is 4.87 Å². The summed E-state index contributed by atoms with van der Waals surface area (Å²) in [5.41, 5.74) is 6.93. The number of halogens is 1. The summed E-state index contributed by atoms with van der Waals surface area (Å²) in [4.78, 5) is 23.4. The van der Waals surface area contributed by atoms with E-state index >= 15 is 0 Å². The molecular weight excluding hydrogens is 338 g/mol. The molecule has 3 N–H and O–H groups in total. The normalized spacial score (nSPS) is 10.0. The average Bonchev–Trinajstić information content (AvgIpc) is 2.83. The lowest BCUT2D eigenvalue weighted by molar-refractivity contribution is -0.116. The van der Waals surface area contributed by atoms with Gasteiger partial charge in [0, 0.05) is 36.3 Å². The average molecular weight is 358 g/mol. The summed E-state index contributed by atoms with van der Waals surface area (Å²) in [6.45, 7) is 3.16. The molecule has 0 saturated carbocycles. The van der Waals surface area contributed by atoms with Gasteiger partial charge in [0.1, 0.15) is 12.4 Å². The number of anilines is 1. The number of carbonyl (C=O) groups is 1. The molecule has 0 spiro atoms. The highest BCUT2D eigenvalue weighted by molar-refractivity contribution is 7.07. The van der Waals surface area contributed by atoms with Crippen LogP contribution in [0.25, 0.3) is 0 Å². The molecule has 1 aromatic carbocycles. The standard InChI is InChI=1S/C15H19N3O3S.ClH/c1-11-10-22-15(20)18(11)8-6-14(19)17-12-2-4-13(5-3-12)21-9-7-16;/h2-5,10H,6-9,16H2,1H3,(H,17,19);1H. The van der Waals surface area contributed by atoms with Gasteiger partial charge in [-0.2, -0.15) is 0 Å². The van der Waals surface area contributed by atoms with Crippen molar-refractivity contribution in [2.75, 3.05) is 18.5 Å². The highest BCUT2D eigenvalue weighted by Gasteiger charge is 2.07. The van der Waals surface area contributed by atoms with Crippen LogP contribution in [0.5, 0.6) is 5.75 Å². The SMILES string of the molecule is Cc1csc(=O)n1CCC(=O)Nc1ccc(OCCN)cc1.Cl. The number of aryl methyl sites for hydroxylation is 1. The highest BCUT2D eigenvalue weighted by atomic mass is 35.5. The maximum atomic E-state index is 11.9. The van der Waals surface area contributed by atoms with Gasteiger partial charge in [0.25, 0.3) is 0 Å². The maximum absolute atomic E-state index is 11.9. The molecule has 1 amide bonds. The number of aromatic nitrogens is 1. The van der Waals surface area contributed by atoms with Gasteiger partial charge in [-0.1, -0.05) is 11.3 Å². The third-order valence-corrected chi connectivity index (χ3v) is 3.94. The van der Waals surface area contributed by atoms with E-state index in [2.05, 4.69) is 5.32 Å². The highest BCUT2D eigenvalue weighted by Crippen LogP contribution is 2.15. The predicted octanol–water partition coefficient (Wildman–Crippen LogP) is 2.01. The van der Waals surface area contributed by atoms with Crippen molar-refractivity contribution in [1.29, 1.82) is 0 Å². The molecule has 6 nitrogen and oxygen atoms in total. The monoisotopic (exact) mass is 357 g/mol. The number of ether oxygens (including phenoxy) is 1. The van der Waals surface area contributed by atoms with E-state index in [9.17, 15) is 9.59 Å². The molecule has 0 bridgehead atoms. The molecular formula is C15H20ClN3O3S. The van der Waals surface area contributed by atoms with Crippen LogP contribution in [0.3, 0.4) is 0 Å². The Labute approximate surface area is 144 Å². The number of amides is 1. The molecule has 0 radical (unpaired) electrons. The molecule has 2 rings (SSSR count). The van der Waals surface area contributed by atoms with Crippen LogP contribution >= 0.6 is 23.7 Å². The fraction of sp³-hybridized carbons (Fsp3) is 0.333. The summed E-state index contributed by atoms with van der Waals surface area (Å²) in [6, 6.07) is 7.09. The Morgan fingerprint density at radius 3 is 2.61 bits per heavy atom. The third-order valence-electron chi connectivity index (χ3n) is 3.06. The van der Waals surface area contributed by atoms with Gasteiger partial charge in [-0.3, -0.25) is 9.59 Å². The first kappa shape index (κ1) is 19.2. The number of nitrogens with two attached hydrogens (primary N) is 1. The lowest BCUT2D eigenvalue weighted by Gasteiger charge is -2.08. The van der Waals surface area contributed by atoms with Gasteiger partial charge < -0.3 is 20.4 Å². The second-order valence-corrected chi connectivity index (χ2v) is 5.57. The summed E-state index contributed by atoms with van der Waals surface area (Å²) in [6.07, 6.45) is 0.253. The Morgan fingerprint density at radius 1 is 1.35 bits per heavy atom. The molecule has 0 aliphatic carbocycles. The summed E-state index contributed by atoms with van der Waals surface area (Å²) >= 11 is 1.15. The van der Waals surface area contributed by atoms with Gasteiger partial charge in [0.05, 0.1) is 0 Å². The second kappa shape index (κ2) is 9.34. The molecule has 126 valence electrons. The molecule has 1 heterocycles. The van der Waals surface area contributed by atoms with Crippen LogP contribution in [0.1, 0.15) is 12.1 Å². The summed E-state index contributed by atoms with van der Waals surface area (Å²) in [5.74, 6) is 0.581. The molecule has 23 heavy (non-hydrogen) atoms. The fourth-order valence-corrected chi connectivity index (χ4v) is 2.68. The molecule has 1 aromatic heterocycles. The number of carbonyl (C=O) groups excluding carboxylic acids is 1. The number of thiazole rings is 1. The van der Waals surface area contributed by atoms with Crippen molar-refractivity contribution >= 4 is 35.3 Å². The van der Waals surface area contributed by atoms with E-state index in [0.717, 1.165) is 17.0 Å². The lowest BCUT2D eigenvalue weighted by Crippen LogP contribution is -2.20. The maximum Gasteiger partial charge on any atom is 0.307 e. The minimum atomic E-state index is -0.131. The van der Waals surface area contributed by atoms with Crippen molar-refractivity contribution in [3.63, 3.8) is 0 Å². The predicted molar refractivity (Wildman–Crippen MR) is 94.8 cm³/mol. The van der Waals surface area contributed by atoms with Crippen molar-refractivity contribution in [3.05, 3.63) is 45.0 Å². The Bertz CT molecular complexity index is 682. The van der Waals surface area contributed by atoms with E-state index in [4.69, 9.17) is 10.5 Å². The van der Waals surface area contributed by atoms with Crippen molar-refractivity contribution in [1.82, 2.24) is 4.57 Å². The van der Waals surface area contributed by atoms with E-state index < -0.39 is 0 Å². The fourth-order valence-electron chi connectivity index (χ4n) is 1.92. The first-order chi connectivity index (χ1) is 10.6. The lowest BCUT2D eigenvalue weighted by atomic mass is 10.3. The van der Waals surface area contributed by atoms with Crippen LogP contribution in [-0.2, 0) is 11.3 Å². The number of hydrogen-bond donors (Lipinski definition) is 2. The summed E-state index contributed by atoms with van der Waals surface area (Å²) in [7, 11) is 0. The molecule has 8 heteroatoms. The van der Waals surface area contributed by atoms with Gasteiger partial charge in [-0.05, 0) is 31.2 Å². The van der Waals surface area contributed by atoms with Gasteiger partial charge in [0.2, 0.25) is 5.91 Å². The minimum Gasteiger partial charge on any atom is -0.492 e. The first-order valence-electron chi connectivity index (χ1n) is 6.98. The van der Waals surface area contributed by atoms with E-state index in [1.807, 2.05) is 6.92 Å². The summed E-state index contributed by atoms with van der Waals surface area (Å²) in [5, 5.41) is 4.59. The smallest absolute Gasteiger partial charge is 0.307 e. The molecule has 2 aromatic rings. The number of rotatable bonds is 7. The first-order valence-corrected chi connectivity index (χ1v) is 7.86. The van der Waals surface area contributed by atoms with Crippen LogP contribution in [0.2, 0.25) is 0 Å².